The van der Waals surface area contributed by atoms with Gasteiger partial charge in [0, 0.05) is 31.7 Å². The lowest BCUT2D eigenvalue weighted by atomic mass is 10.1. The molecule has 0 saturated carbocycles. The molecule has 2 amide bonds. The average molecular weight is 403 g/mol. The van der Waals surface area contributed by atoms with Crippen LogP contribution in [0.2, 0.25) is 0 Å². The van der Waals surface area contributed by atoms with Gasteiger partial charge in [-0.2, -0.15) is 0 Å². The van der Waals surface area contributed by atoms with Gasteiger partial charge in [-0.15, -0.1) is 0 Å². The second-order valence-corrected chi connectivity index (χ2v) is 6.80. The number of hydrogen-bond donors (Lipinski definition) is 2. The number of halogens is 2. The summed E-state index contributed by atoms with van der Waals surface area (Å²) in [5, 5.41) is 5.21. The van der Waals surface area contributed by atoms with Gasteiger partial charge in [-0.25, -0.2) is 8.78 Å². The predicted octanol–water partition coefficient (Wildman–Crippen LogP) is 2.81. The summed E-state index contributed by atoms with van der Waals surface area (Å²) in [7, 11) is 0. The number of morpholine rings is 1. The highest BCUT2D eigenvalue weighted by molar-refractivity contribution is 5.95. The molecule has 1 saturated heterocycles. The van der Waals surface area contributed by atoms with Gasteiger partial charge in [0.1, 0.15) is 11.6 Å². The number of anilines is 2. The number of benzene rings is 2. The van der Waals surface area contributed by atoms with Crippen LogP contribution in [0.15, 0.2) is 42.5 Å². The lowest BCUT2D eigenvalue weighted by molar-refractivity contribution is -0.117. The molecule has 1 fully saturated rings. The summed E-state index contributed by atoms with van der Waals surface area (Å²) in [6.45, 7) is 3.42. The van der Waals surface area contributed by atoms with E-state index in [1.807, 2.05) is 0 Å². The van der Waals surface area contributed by atoms with Crippen molar-refractivity contribution in [3.8, 4) is 0 Å². The summed E-state index contributed by atoms with van der Waals surface area (Å²) in [5.41, 5.74) is 1.03. The van der Waals surface area contributed by atoms with Gasteiger partial charge in [0.15, 0.2) is 0 Å². The molecule has 1 aliphatic heterocycles. The summed E-state index contributed by atoms with van der Waals surface area (Å²) < 4.78 is 32.3. The Balaban J connectivity index is 1.53. The fourth-order valence-electron chi connectivity index (χ4n) is 2.99. The van der Waals surface area contributed by atoms with Crippen molar-refractivity contribution < 1.29 is 23.1 Å². The third-order valence-corrected chi connectivity index (χ3v) is 4.56. The van der Waals surface area contributed by atoms with Crippen LogP contribution >= 0.6 is 0 Å². The van der Waals surface area contributed by atoms with Crippen molar-refractivity contribution in [2.24, 2.45) is 0 Å². The van der Waals surface area contributed by atoms with Crippen molar-refractivity contribution >= 4 is 23.2 Å². The van der Waals surface area contributed by atoms with Crippen molar-refractivity contribution in [3.05, 3.63) is 59.7 Å². The number of carbonyl (C=O) groups excluding carboxylic acids is 2. The first-order valence-corrected chi connectivity index (χ1v) is 9.43. The summed E-state index contributed by atoms with van der Waals surface area (Å²) in [4.78, 5) is 26.4. The van der Waals surface area contributed by atoms with E-state index in [0.717, 1.165) is 13.1 Å². The minimum atomic E-state index is -0.582. The Morgan fingerprint density at radius 2 is 1.69 bits per heavy atom. The molecule has 29 heavy (non-hydrogen) atoms. The monoisotopic (exact) mass is 403 g/mol. The third-order valence-electron chi connectivity index (χ3n) is 4.56. The van der Waals surface area contributed by atoms with E-state index in [2.05, 4.69) is 15.5 Å². The minimum Gasteiger partial charge on any atom is -0.379 e. The van der Waals surface area contributed by atoms with E-state index in [4.69, 9.17) is 4.74 Å². The number of hydrogen-bond acceptors (Lipinski definition) is 4. The van der Waals surface area contributed by atoms with Crippen molar-refractivity contribution in [1.29, 1.82) is 0 Å². The molecule has 6 nitrogen and oxygen atoms in total. The molecule has 2 aromatic carbocycles. The van der Waals surface area contributed by atoms with Crippen molar-refractivity contribution in [2.45, 2.75) is 12.8 Å². The topological polar surface area (TPSA) is 70.7 Å². The zero-order valence-corrected chi connectivity index (χ0v) is 15.9. The summed E-state index contributed by atoms with van der Waals surface area (Å²) in [6, 6.07) is 9.60. The Morgan fingerprint density at radius 3 is 2.41 bits per heavy atom. The maximum absolute atomic E-state index is 14.1. The molecule has 154 valence electrons. The first-order valence-electron chi connectivity index (χ1n) is 9.43. The number of carbonyl (C=O) groups is 2. The maximum Gasteiger partial charge on any atom is 0.228 e. The Bertz CT molecular complexity index is 853. The van der Waals surface area contributed by atoms with Crippen molar-refractivity contribution in [3.63, 3.8) is 0 Å². The highest BCUT2D eigenvalue weighted by Gasteiger charge is 2.14. The van der Waals surface area contributed by atoms with Crippen LogP contribution in [0.4, 0.5) is 20.2 Å². The van der Waals surface area contributed by atoms with Crippen LogP contribution in [0.25, 0.3) is 0 Å². The zero-order chi connectivity index (χ0) is 20.6. The third kappa shape index (κ3) is 6.62. The highest BCUT2D eigenvalue weighted by atomic mass is 19.1. The van der Waals surface area contributed by atoms with Crippen molar-refractivity contribution in [2.75, 3.05) is 43.5 Å². The van der Waals surface area contributed by atoms with Crippen LogP contribution < -0.4 is 10.6 Å². The van der Waals surface area contributed by atoms with Crippen molar-refractivity contribution in [1.82, 2.24) is 4.90 Å². The molecule has 0 aliphatic carbocycles. The van der Waals surface area contributed by atoms with Crippen LogP contribution in [-0.4, -0.2) is 49.6 Å². The molecule has 0 aromatic heterocycles. The van der Waals surface area contributed by atoms with Crippen LogP contribution in [0.5, 0.6) is 0 Å². The molecule has 0 spiro atoms. The SMILES string of the molecule is O=C(Cc1ccc(F)cc1)Nc1ccc(F)c(NC(=O)CCN2CCOCC2)c1. The van der Waals surface area contributed by atoms with E-state index in [1.54, 1.807) is 0 Å². The van der Waals surface area contributed by atoms with Gasteiger partial charge in [0.05, 0.1) is 25.3 Å². The summed E-state index contributed by atoms with van der Waals surface area (Å²) in [6.07, 6.45) is 0.291. The molecular formula is C21H23F2N3O3. The van der Waals surface area contributed by atoms with E-state index in [0.29, 0.717) is 31.0 Å². The Labute approximate surface area is 167 Å². The average Bonchev–Trinajstić information content (AvgIpc) is 2.71. The van der Waals surface area contributed by atoms with Gasteiger partial charge in [-0.05, 0) is 35.9 Å². The van der Waals surface area contributed by atoms with E-state index >= 15 is 0 Å². The highest BCUT2D eigenvalue weighted by Crippen LogP contribution is 2.20. The zero-order valence-electron chi connectivity index (χ0n) is 15.9. The Hall–Kier alpha value is -2.84. The van der Waals surface area contributed by atoms with E-state index in [-0.39, 0.29) is 36.2 Å². The molecule has 0 bridgehead atoms. The Kier molecular flexibility index (Phi) is 7.26. The van der Waals surface area contributed by atoms with Gasteiger partial charge in [-0.3, -0.25) is 14.5 Å². The molecule has 1 heterocycles. The molecule has 2 aromatic rings. The lowest BCUT2D eigenvalue weighted by Crippen LogP contribution is -2.38. The first kappa shape index (κ1) is 20.9. The van der Waals surface area contributed by atoms with Gasteiger partial charge in [0.25, 0.3) is 0 Å². The fraction of sp³-hybridized carbons (Fsp3) is 0.333. The molecule has 8 heteroatoms. The number of amides is 2. The standard InChI is InChI=1S/C21H23F2N3O3/c22-16-3-1-15(2-4-16)13-21(28)24-17-5-6-18(23)19(14-17)25-20(27)7-8-26-9-11-29-12-10-26/h1-6,14H,7-13H2,(H,24,28)(H,25,27). The second kappa shape index (κ2) is 10.1. The van der Waals surface area contributed by atoms with E-state index in [9.17, 15) is 18.4 Å². The molecule has 0 atom stereocenters. The molecule has 3 rings (SSSR count). The molecular weight excluding hydrogens is 380 g/mol. The smallest absolute Gasteiger partial charge is 0.228 e. The van der Waals surface area contributed by atoms with Crippen LogP contribution in [-0.2, 0) is 20.7 Å². The number of nitrogens with one attached hydrogen (secondary N) is 2. The Morgan fingerprint density at radius 1 is 0.966 bits per heavy atom. The normalized spacial score (nSPS) is 14.4. The fourth-order valence-corrected chi connectivity index (χ4v) is 2.99. The minimum absolute atomic E-state index is 0.0107. The van der Waals surface area contributed by atoms with Gasteiger partial charge >= 0.3 is 0 Å². The molecule has 2 N–H and O–H groups in total. The quantitative estimate of drug-likeness (QED) is 0.746. The number of rotatable bonds is 7. The summed E-state index contributed by atoms with van der Waals surface area (Å²) >= 11 is 0. The molecule has 0 unspecified atom stereocenters. The van der Waals surface area contributed by atoms with Gasteiger partial charge in [0.2, 0.25) is 11.8 Å². The van der Waals surface area contributed by atoms with Gasteiger partial charge in [-0.1, -0.05) is 12.1 Å². The van der Waals surface area contributed by atoms with Crippen LogP contribution in [0, 0.1) is 11.6 Å². The maximum atomic E-state index is 14.1. The van der Waals surface area contributed by atoms with Gasteiger partial charge < -0.3 is 15.4 Å². The lowest BCUT2D eigenvalue weighted by Gasteiger charge is -2.26. The van der Waals surface area contributed by atoms with E-state index in [1.165, 1.54) is 42.5 Å². The largest absolute Gasteiger partial charge is 0.379 e. The molecule has 1 aliphatic rings. The first-order chi connectivity index (χ1) is 14.0. The summed E-state index contributed by atoms with van der Waals surface area (Å²) in [5.74, 6) is -1.58. The molecule has 0 radical (unpaired) electrons. The van der Waals surface area contributed by atoms with Crippen LogP contribution in [0.3, 0.4) is 0 Å². The van der Waals surface area contributed by atoms with Crippen LogP contribution in [0.1, 0.15) is 12.0 Å². The predicted molar refractivity (Wildman–Crippen MR) is 106 cm³/mol. The number of nitrogens with zero attached hydrogens (tertiary/aromatic N) is 1. The second-order valence-electron chi connectivity index (χ2n) is 6.80. The number of ether oxygens (including phenoxy) is 1. The van der Waals surface area contributed by atoms with E-state index < -0.39 is 5.82 Å².